The van der Waals surface area contributed by atoms with E-state index in [0.717, 1.165) is 31.0 Å². The lowest BCUT2D eigenvalue weighted by atomic mass is 9.99. The fourth-order valence-electron chi connectivity index (χ4n) is 3.76. The molecule has 0 aliphatic carbocycles. The second-order valence-electron chi connectivity index (χ2n) is 6.74. The third kappa shape index (κ3) is 4.16. The van der Waals surface area contributed by atoms with E-state index >= 15 is 0 Å². The first-order valence-corrected chi connectivity index (χ1v) is 9.50. The van der Waals surface area contributed by atoms with Gasteiger partial charge in [-0.1, -0.05) is 30.3 Å². The number of likely N-dealkylation sites (tertiary alicyclic amines) is 1. The van der Waals surface area contributed by atoms with E-state index in [0.29, 0.717) is 29.7 Å². The molecule has 3 rings (SSSR count). The van der Waals surface area contributed by atoms with E-state index in [-0.39, 0.29) is 0 Å². The molecule has 0 spiro atoms. The first-order valence-electron chi connectivity index (χ1n) is 9.50. The van der Waals surface area contributed by atoms with E-state index in [1.54, 1.807) is 21.3 Å². The maximum absolute atomic E-state index is 5.58. The smallest absolute Gasteiger partial charge is 0.203 e. The van der Waals surface area contributed by atoms with Crippen LogP contribution >= 0.6 is 0 Å². The van der Waals surface area contributed by atoms with Gasteiger partial charge in [-0.15, -0.1) is 0 Å². The Balaban J connectivity index is 1.68. The quantitative estimate of drug-likeness (QED) is 0.613. The summed E-state index contributed by atoms with van der Waals surface area (Å²) in [5, 5.41) is 3.46. The molecular weight excluding hydrogens is 354 g/mol. The van der Waals surface area contributed by atoms with Crippen molar-refractivity contribution in [3.05, 3.63) is 53.6 Å². The molecule has 0 aromatic heterocycles. The number of nitrogens with one attached hydrogen (secondary N) is 1. The Bertz CT molecular complexity index is 808. The SMILES string of the molecule is CN=C(NCc1ccc(OC)c(OC)c1OC)N1CCC(c2ccccc2)C1. The second-order valence-corrected chi connectivity index (χ2v) is 6.74. The predicted molar refractivity (Wildman–Crippen MR) is 112 cm³/mol. The molecule has 2 aromatic carbocycles. The number of ether oxygens (including phenoxy) is 3. The van der Waals surface area contributed by atoms with Crippen LogP contribution in [-0.4, -0.2) is 52.3 Å². The van der Waals surface area contributed by atoms with E-state index in [1.165, 1.54) is 5.56 Å². The van der Waals surface area contributed by atoms with Crippen LogP contribution in [0.15, 0.2) is 47.5 Å². The molecule has 0 amide bonds. The lowest BCUT2D eigenvalue weighted by Crippen LogP contribution is -2.39. The summed E-state index contributed by atoms with van der Waals surface area (Å²) in [6.45, 7) is 2.54. The molecule has 1 unspecified atom stereocenters. The maximum atomic E-state index is 5.58. The van der Waals surface area contributed by atoms with E-state index in [1.807, 2.05) is 19.2 Å². The summed E-state index contributed by atoms with van der Waals surface area (Å²) >= 11 is 0. The molecule has 6 nitrogen and oxygen atoms in total. The Morgan fingerprint density at radius 2 is 1.79 bits per heavy atom. The van der Waals surface area contributed by atoms with Crippen molar-refractivity contribution < 1.29 is 14.2 Å². The minimum atomic E-state index is 0.537. The zero-order chi connectivity index (χ0) is 19.9. The van der Waals surface area contributed by atoms with Crippen molar-refractivity contribution in [3.8, 4) is 17.2 Å². The van der Waals surface area contributed by atoms with Crippen LogP contribution < -0.4 is 19.5 Å². The Hall–Kier alpha value is -2.89. The number of hydrogen-bond acceptors (Lipinski definition) is 4. The first-order chi connectivity index (χ1) is 13.7. The number of benzene rings is 2. The number of aliphatic imine (C=N–C) groups is 1. The number of rotatable bonds is 6. The Kier molecular flexibility index (Phi) is 6.63. The van der Waals surface area contributed by atoms with Crippen LogP contribution in [0.3, 0.4) is 0 Å². The topological polar surface area (TPSA) is 55.3 Å². The molecule has 1 saturated heterocycles. The number of methoxy groups -OCH3 is 3. The molecule has 1 heterocycles. The van der Waals surface area contributed by atoms with E-state index in [2.05, 4.69) is 45.5 Å². The highest BCUT2D eigenvalue weighted by Gasteiger charge is 2.26. The molecule has 6 heteroatoms. The third-order valence-electron chi connectivity index (χ3n) is 5.19. The van der Waals surface area contributed by atoms with Gasteiger partial charge in [-0.3, -0.25) is 4.99 Å². The minimum Gasteiger partial charge on any atom is -0.493 e. The van der Waals surface area contributed by atoms with Crippen LogP contribution in [0.1, 0.15) is 23.5 Å². The molecule has 1 aliphatic heterocycles. The summed E-state index contributed by atoms with van der Waals surface area (Å²) in [5.74, 6) is 3.36. The Morgan fingerprint density at radius 3 is 2.43 bits per heavy atom. The van der Waals surface area contributed by atoms with Crippen molar-refractivity contribution in [2.75, 3.05) is 41.5 Å². The highest BCUT2D eigenvalue weighted by Crippen LogP contribution is 2.39. The first kappa shape index (κ1) is 19.9. The summed E-state index contributed by atoms with van der Waals surface area (Å²) < 4.78 is 16.4. The average Bonchev–Trinajstić information content (AvgIpc) is 3.24. The molecule has 2 aromatic rings. The molecule has 1 fully saturated rings. The lowest BCUT2D eigenvalue weighted by molar-refractivity contribution is 0.322. The standard InChI is InChI=1S/C22H29N3O3/c1-23-22(25-13-12-18(15-25)16-8-6-5-7-9-16)24-14-17-10-11-19(26-2)21(28-4)20(17)27-3/h5-11,18H,12-15H2,1-4H3,(H,23,24). The normalized spacial score (nSPS) is 16.8. The summed E-state index contributed by atoms with van der Waals surface area (Å²) in [5.41, 5.74) is 2.38. The summed E-state index contributed by atoms with van der Waals surface area (Å²) in [6.07, 6.45) is 1.13. The fraction of sp³-hybridized carbons (Fsp3) is 0.409. The van der Waals surface area contributed by atoms with Crippen molar-refractivity contribution in [1.82, 2.24) is 10.2 Å². The van der Waals surface area contributed by atoms with Gasteiger partial charge >= 0.3 is 0 Å². The van der Waals surface area contributed by atoms with Gasteiger partial charge in [0, 0.05) is 38.2 Å². The van der Waals surface area contributed by atoms with Gasteiger partial charge in [-0.25, -0.2) is 0 Å². The van der Waals surface area contributed by atoms with Gasteiger partial charge in [0.25, 0.3) is 0 Å². The van der Waals surface area contributed by atoms with E-state index in [4.69, 9.17) is 14.2 Å². The predicted octanol–water partition coefficient (Wildman–Crippen LogP) is 3.28. The molecule has 1 atom stereocenters. The second kappa shape index (κ2) is 9.35. The van der Waals surface area contributed by atoms with Gasteiger partial charge in [0.05, 0.1) is 21.3 Å². The van der Waals surface area contributed by atoms with Gasteiger partial charge in [0.2, 0.25) is 5.75 Å². The Morgan fingerprint density at radius 1 is 1.04 bits per heavy atom. The summed E-state index contributed by atoms with van der Waals surface area (Å²) in [6, 6.07) is 14.6. The highest BCUT2D eigenvalue weighted by atomic mass is 16.5. The molecular formula is C22H29N3O3. The van der Waals surface area contributed by atoms with Gasteiger partial charge in [0.15, 0.2) is 17.5 Å². The van der Waals surface area contributed by atoms with Crippen LogP contribution in [0.5, 0.6) is 17.2 Å². The molecule has 1 N–H and O–H groups in total. The van der Waals surface area contributed by atoms with Crippen LogP contribution in [0.25, 0.3) is 0 Å². The summed E-state index contributed by atoms with van der Waals surface area (Å²) in [4.78, 5) is 6.79. The van der Waals surface area contributed by atoms with Gasteiger partial charge in [0.1, 0.15) is 0 Å². The van der Waals surface area contributed by atoms with Crippen LogP contribution in [0, 0.1) is 0 Å². The Labute approximate surface area is 167 Å². The zero-order valence-electron chi connectivity index (χ0n) is 17.1. The van der Waals surface area contributed by atoms with Crippen molar-refractivity contribution >= 4 is 5.96 Å². The maximum Gasteiger partial charge on any atom is 0.203 e. The molecule has 0 saturated carbocycles. The van der Waals surface area contributed by atoms with Gasteiger partial charge in [-0.2, -0.15) is 0 Å². The van der Waals surface area contributed by atoms with Crippen LogP contribution in [-0.2, 0) is 6.54 Å². The number of nitrogens with zero attached hydrogens (tertiary/aromatic N) is 2. The molecule has 28 heavy (non-hydrogen) atoms. The van der Waals surface area contributed by atoms with Gasteiger partial charge < -0.3 is 24.4 Å². The van der Waals surface area contributed by atoms with Crippen molar-refractivity contribution in [2.45, 2.75) is 18.9 Å². The molecule has 0 bridgehead atoms. The number of hydrogen-bond donors (Lipinski definition) is 1. The monoisotopic (exact) mass is 383 g/mol. The van der Waals surface area contributed by atoms with Crippen LogP contribution in [0.2, 0.25) is 0 Å². The van der Waals surface area contributed by atoms with Crippen molar-refractivity contribution in [1.29, 1.82) is 0 Å². The van der Waals surface area contributed by atoms with E-state index in [9.17, 15) is 0 Å². The minimum absolute atomic E-state index is 0.537. The van der Waals surface area contributed by atoms with Gasteiger partial charge in [-0.05, 0) is 24.1 Å². The average molecular weight is 383 g/mol. The lowest BCUT2D eigenvalue weighted by Gasteiger charge is -2.23. The highest BCUT2D eigenvalue weighted by molar-refractivity contribution is 5.80. The molecule has 150 valence electrons. The van der Waals surface area contributed by atoms with Crippen LogP contribution in [0.4, 0.5) is 0 Å². The van der Waals surface area contributed by atoms with E-state index < -0.39 is 0 Å². The van der Waals surface area contributed by atoms with Crippen molar-refractivity contribution in [3.63, 3.8) is 0 Å². The zero-order valence-corrected chi connectivity index (χ0v) is 17.1. The van der Waals surface area contributed by atoms with Crippen molar-refractivity contribution in [2.24, 2.45) is 4.99 Å². The molecule has 1 aliphatic rings. The number of guanidine groups is 1. The fourth-order valence-corrected chi connectivity index (χ4v) is 3.76. The molecule has 0 radical (unpaired) electrons. The third-order valence-corrected chi connectivity index (χ3v) is 5.19. The largest absolute Gasteiger partial charge is 0.493 e. The summed E-state index contributed by atoms with van der Waals surface area (Å²) in [7, 11) is 6.70.